The molecule has 1 saturated heterocycles. The molecule has 0 atom stereocenters. The lowest BCUT2D eigenvalue weighted by molar-refractivity contribution is 0.0737. The van der Waals surface area contributed by atoms with Crippen LogP contribution in [0.4, 0.5) is 5.69 Å². The number of carbonyl (C=O) groups is 1. The number of aryl methyl sites for hydroxylation is 2. The van der Waals surface area contributed by atoms with E-state index >= 15 is 0 Å². The molecule has 1 amide bonds. The van der Waals surface area contributed by atoms with Gasteiger partial charge in [0.1, 0.15) is 11.4 Å². The highest BCUT2D eigenvalue weighted by molar-refractivity contribution is 6.33. The van der Waals surface area contributed by atoms with Gasteiger partial charge in [0, 0.05) is 39.4 Å². The van der Waals surface area contributed by atoms with E-state index in [0.29, 0.717) is 18.8 Å². The lowest BCUT2D eigenvalue weighted by atomic mass is 10.2. The van der Waals surface area contributed by atoms with Crippen molar-refractivity contribution in [2.75, 3.05) is 31.1 Å². The highest BCUT2D eigenvalue weighted by Gasteiger charge is 2.27. The van der Waals surface area contributed by atoms with Crippen LogP contribution >= 0.6 is 11.6 Å². The molecule has 7 heteroatoms. The summed E-state index contributed by atoms with van der Waals surface area (Å²) < 4.78 is 3.79. The molecule has 0 aliphatic carbocycles. The first-order valence-electron chi connectivity index (χ1n) is 11.1. The third-order valence-corrected chi connectivity index (χ3v) is 6.46. The lowest BCUT2D eigenvalue weighted by Gasteiger charge is -2.36. The zero-order valence-electron chi connectivity index (χ0n) is 18.8. The third kappa shape index (κ3) is 4.14. The molecule has 168 valence electrons. The van der Waals surface area contributed by atoms with Crippen LogP contribution in [-0.2, 0) is 7.05 Å². The van der Waals surface area contributed by atoms with E-state index in [1.165, 1.54) is 0 Å². The minimum atomic E-state index is -0.0109. The molecule has 4 aromatic rings. The Bertz CT molecular complexity index is 1300. The van der Waals surface area contributed by atoms with E-state index in [4.69, 9.17) is 16.7 Å². The summed E-state index contributed by atoms with van der Waals surface area (Å²) in [5, 5.41) is 5.57. The van der Waals surface area contributed by atoms with Crippen molar-refractivity contribution in [2.45, 2.75) is 6.92 Å². The Hall–Kier alpha value is -3.51. The molecule has 3 heterocycles. The van der Waals surface area contributed by atoms with Gasteiger partial charge in [-0.2, -0.15) is 5.10 Å². The Morgan fingerprint density at radius 2 is 1.73 bits per heavy atom. The maximum absolute atomic E-state index is 13.7. The molecule has 2 aromatic carbocycles. The number of anilines is 1. The van der Waals surface area contributed by atoms with Gasteiger partial charge in [-0.3, -0.25) is 4.79 Å². The molecule has 0 bridgehead atoms. The van der Waals surface area contributed by atoms with Crippen molar-refractivity contribution >= 4 is 23.2 Å². The molecule has 0 unspecified atom stereocenters. The van der Waals surface area contributed by atoms with Gasteiger partial charge in [-0.1, -0.05) is 35.9 Å². The highest BCUT2D eigenvalue weighted by Crippen LogP contribution is 2.27. The number of para-hydroxylation sites is 1. The maximum atomic E-state index is 13.7. The van der Waals surface area contributed by atoms with Crippen LogP contribution in [0.25, 0.3) is 17.1 Å². The molecule has 0 spiro atoms. The minimum absolute atomic E-state index is 0.0109. The number of hydrogen-bond acceptors (Lipinski definition) is 3. The lowest BCUT2D eigenvalue weighted by Crippen LogP contribution is -2.49. The Labute approximate surface area is 198 Å². The zero-order valence-corrected chi connectivity index (χ0v) is 19.5. The molecule has 6 nitrogen and oxygen atoms in total. The number of piperazine rings is 1. The van der Waals surface area contributed by atoms with Gasteiger partial charge in [0.2, 0.25) is 0 Å². The molecule has 33 heavy (non-hydrogen) atoms. The number of rotatable bonds is 4. The van der Waals surface area contributed by atoms with E-state index in [1.807, 2.05) is 96.4 Å². The molecular weight excluding hydrogens is 434 g/mol. The summed E-state index contributed by atoms with van der Waals surface area (Å²) in [5.74, 6) is -0.0109. The summed E-state index contributed by atoms with van der Waals surface area (Å²) in [6.07, 6.45) is 1.98. The van der Waals surface area contributed by atoms with Gasteiger partial charge in [0.05, 0.1) is 22.1 Å². The van der Waals surface area contributed by atoms with E-state index in [9.17, 15) is 4.79 Å². The number of carbonyl (C=O) groups excluding carboxylic acids is 1. The maximum Gasteiger partial charge on any atom is 0.272 e. The number of benzene rings is 2. The van der Waals surface area contributed by atoms with Crippen LogP contribution in [-0.4, -0.2) is 51.3 Å². The van der Waals surface area contributed by atoms with Crippen LogP contribution in [0.3, 0.4) is 0 Å². The van der Waals surface area contributed by atoms with Crippen molar-refractivity contribution in [1.29, 1.82) is 0 Å². The van der Waals surface area contributed by atoms with Crippen molar-refractivity contribution in [2.24, 2.45) is 7.05 Å². The van der Waals surface area contributed by atoms with Gasteiger partial charge in [-0.05, 0) is 55.0 Å². The third-order valence-electron chi connectivity index (χ3n) is 6.14. The smallest absolute Gasteiger partial charge is 0.272 e. The van der Waals surface area contributed by atoms with Crippen molar-refractivity contribution in [1.82, 2.24) is 19.2 Å². The fraction of sp³-hybridized carbons (Fsp3) is 0.231. The molecule has 1 aliphatic rings. The summed E-state index contributed by atoms with van der Waals surface area (Å²) in [6, 6.07) is 21.8. The van der Waals surface area contributed by atoms with Crippen molar-refractivity contribution in [3.63, 3.8) is 0 Å². The molecule has 5 rings (SSSR count). The number of hydrogen-bond donors (Lipinski definition) is 0. The predicted molar refractivity (Wildman–Crippen MR) is 132 cm³/mol. The van der Waals surface area contributed by atoms with Crippen molar-refractivity contribution in [3.05, 3.63) is 89.2 Å². The van der Waals surface area contributed by atoms with Crippen LogP contribution < -0.4 is 4.90 Å². The second kappa shape index (κ2) is 8.79. The van der Waals surface area contributed by atoms with Crippen LogP contribution in [0.1, 0.15) is 16.1 Å². The van der Waals surface area contributed by atoms with Gasteiger partial charge in [0.25, 0.3) is 5.91 Å². The SMILES string of the molecule is Cc1cccc(-n2nc(-c3cccn3C)cc2C(=O)N2CCN(c3ccccc3Cl)CC2)c1. The number of amides is 1. The summed E-state index contributed by atoms with van der Waals surface area (Å²) in [6.45, 7) is 4.77. The second-order valence-electron chi connectivity index (χ2n) is 8.40. The van der Waals surface area contributed by atoms with Crippen LogP contribution in [0, 0.1) is 6.92 Å². The normalized spacial score (nSPS) is 14.0. The van der Waals surface area contributed by atoms with Crippen LogP contribution in [0.2, 0.25) is 5.02 Å². The predicted octanol–water partition coefficient (Wildman–Crippen LogP) is 4.80. The average molecular weight is 460 g/mol. The van der Waals surface area contributed by atoms with Gasteiger partial charge in [-0.15, -0.1) is 0 Å². The fourth-order valence-electron chi connectivity index (χ4n) is 4.36. The van der Waals surface area contributed by atoms with Gasteiger partial charge < -0.3 is 14.4 Å². The van der Waals surface area contributed by atoms with Gasteiger partial charge in [0.15, 0.2) is 0 Å². The molecule has 0 radical (unpaired) electrons. The monoisotopic (exact) mass is 459 g/mol. The molecule has 2 aromatic heterocycles. The standard InChI is InChI=1S/C26H26ClN5O/c1-19-7-5-8-20(17-19)32-25(18-22(28-32)24-11-6-12-29(24)2)26(33)31-15-13-30(14-16-31)23-10-4-3-9-21(23)27/h3-12,17-18H,13-16H2,1-2H3. The Morgan fingerprint density at radius 1 is 0.939 bits per heavy atom. The number of nitrogens with zero attached hydrogens (tertiary/aromatic N) is 5. The second-order valence-corrected chi connectivity index (χ2v) is 8.81. The Kier molecular flexibility index (Phi) is 5.68. The molecule has 0 saturated carbocycles. The topological polar surface area (TPSA) is 46.3 Å². The molecule has 1 aliphatic heterocycles. The first-order chi connectivity index (χ1) is 16.0. The number of aromatic nitrogens is 3. The fourth-order valence-corrected chi connectivity index (χ4v) is 4.62. The summed E-state index contributed by atoms with van der Waals surface area (Å²) in [7, 11) is 1.98. The molecule has 1 fully saturated rings. The van der Waals surface area contributed by atoms with Crippen molar-refractivity contribution < 1.29 is 4.79 Å². The summed E-state index contributed by atoms with van der Waals surface area (Å²) >= 11 is 6.38. The highest BCUT2D eigenvalue weighted by atomic mass is 35.5. The first-order valence-corrected chi connectivity index (χ1v) is 11.5. The van der Waals surface area contributed by atoms with Crippen molar-refractivity contribution in [3.8, 4) is 17.1 Å². The Balaban J connectivity index is 1.44. The quantitative estimate of drug-likeness (QED) is 0.440. The molecule has 0 N–H and O–H groups in total. The van der Waals surface area contributed by atoms with E-state index in [2.05, 4.69) is 4.90 Å². The first kappa shape index (κ1) is 21.3. The summed E-state index contributed by atoms with van der Waals surface area (Å²) in [4.78, 5) is 17.8. The van der Waals surface area contributed by atoms with E-state index in [1.54, 1.807) is 4.68 Å². The zero-order chi connectivity index (χ0) is 22.9. The minimum Gasteiger partial charge on any atom is -0.367 e. The summed E-state index contributed by atoms with van der Waals surface area (Å²) in [5.41, 5.74) is 5.34. The largest absolute Gasteiger partial charge is 0.367 e. The van der Waals surface area contributed by atoms with E-state index in [0.717, 1.165) is 46.4 Å². The van der Waals surface area contributed by atoms with E-state index in [-0.39, 0.29) is 5.91 Å². The molecular formula is C26H26ClN5O. The van der Waals surface area contributed by atoms with Crippen LogP contribution in [0.5, 0.6) is 0 Å². The van der Waals surface area contributed by atoms with Gasteiger partial charge >= 0.3 is 0 Å². The Morgan fingerprint density at radius 3 is 2.42 bits per heavy atom. The number of halogens is 1. The van der Waals surface area contributed by atoms with Crippen LogP contribution in [0.15, 0.2) is 72.9 Å². The van der Waals surface area contributed by atoms with Gasteiger partial charge in [-0.25, -0.2) is 4.68 Å². The average Bonchev–Trinajstić information content (AvgIpc) is 3.45. The van der Waals surface area contributed by atoms with E-state index < -0.39 is 0 Å².